The summed E-state index contributed by atoms with van der Waals surface area (Å²) in [5.41, 5.74) is 1.78. The molecule has 3 saturated carbocycles. The zero-order chi connectivity index (χ0) is 13.4. The zero-order valence-electron chi connectivity index (χ0n) is 11.1. The van der Waals surface area contributed by atoms with Crippen molar-refractivity contribution >= 4 is 28.3 Å². The highest BCUT2D eigenvalue weighted by Gasteiger charge is 2.67. The van der Waals surface area contributed by atoms with E-state index < -0.39 is 0 Å². The summed E-state index contributed by atoms with van der Waals surface area (Å²) in [6.07, 6.45) is 5.94. The third kappa shape index (κ3) is 1.28. The number of H-pyrrole nitrogens is 1. The van der Waals surface area contributed by atoms with Gasteiger partial charge in [-0.2, -0.15) is 0 Å². The smallest absolute Gasteiger partial charge is 0.168 e. The van der Waals surface area contributed by atoms with Crippen molar-refractivity contribution in [1.82, 2.24) is 4.98 Å². The predicted octanol–water partition coefficient (Wildman–Crippen LogP) is 4.30. The first-order valence-corrected chi connectivity index (χ1v) is 7.93. The Bertz CT molecular complexity index is 718. The van der Waals surface area contributed by atoms with E-state index in [1.807, 2.05) is 24.4 Å². The third-order valence-electron chi connectivity index (χ3n) is 5.96. The van der Waals surface area contributed by atoms with Gasteiger partial charge in [0.1, 0.15) is 0 Å². The maximum Gasteiger partial charge on any atom is 0.168 e. The molecule has 4 atom stereocenters. The number of carbonyl (C=O) groups excluding carboxylic acids is 1. The van der Waals surface area contributed by atoms with Crippen molar-refractivity contribution in [2.24, 2.45) is 29.6 Å². The molecule has 0 radical (unpaired) electrons. The number of hydrogen-bond acceptors (Lipinski definition) is 1. The number of fused-ring (bicyclic) bond motifs is 6. The van der Waals surface area contributed by atoms with Crippen LogP contribution in [-0.2, 0) is 0 Å². The summed E-state index contributed by atoms with van der Waals surface area (Å²) in [4.78, 5) is 16.1. The molecule has 3 aliphatic carbocycles. The molecule has 1 heterocycles. The Morgan fingerprint density at radius 3 is 2.70 bits per heavy atom. The average molecular weight is 286 g/mol. The van der Waals surface area contributed by atoms with Crippen LogP contribution in [0.2, 0.25) is 5.02 Å². The standard InChI is InChI=1S/C17H16ClNO/c18-11-2-1-3-12-15(11)10(7-19-12)17(20)16-13-8-4-5-9(6-8)14(13)16/h1-3,7-9,13-14,16,19H,4-6H2. The molecular weight excluding hydrogens is 270 g/mol. The van der Waals surface area contributed by atoms with Gasteiger partial charge in [-0.1, -0.05) is 17.7 Å². The number of rotatable bonds is 2. The molecule has 2 nitrogen and oxygen atoms in total. The lowest BCUT2D eigenvalue weighted by molar-refractivity contribution is 0.0946. The van der Waals surface area contributed by atoms with Crippen molar-refractivity contribution in [2.45, 2.75) is 19.3 Å². The molecule has 0 aliphatic heterocycles. The first-order chi connectivity index (χ1) is 9.75. The molecule has 20 heavy (non-hydrogen) atoms. The van der Waals surface area contributed by atoms with Crippen molar-refractivity contribution < 1.29 is 4.79 Å². The molecule has 0 spiro atoms. The number of Topliss-reactive ketones (excluding diaryl/α,β-unsaturated/α-hetero) is 1. The van der Waals surface area contributed by atoms with Gasteiger partial charge < -0.3 is 4.98 Å². The van der Waals surface area contributed by atoms with Crippen LogP contribution in [0.1, 0.15) is 29.6 Å². The summed E-state index contributed by atoms with van der Waals surface area (Å²) < 4.78 is 0. The van der Waals surface area contributed by atoms with Gasteiger partial charge in [0.25, 0.3) is 0 Å². The lowest BCUT2D eigenvalue weighted by Gasteiger charge is -2.07. The molecule has 0 amide bonds. The molecule has 2 aromatic rings. The molecule has 1 aromatic heterocycles. The summed E-state index contributed by atoms with van der Waals surface area (Å²) in [6.45, 7) is 0. The predicted molar refractivity (Wildman–Crippen MR) is 78.9 cm³/mol. The summed E-state index contributed by atoms with van der Waals surface area (Å²) in [5, 5.41) is 1.59. The van der Waals surface area contributed by atoms with E-state index in [0.29, 0.717) is 22.6 Å². The van der Waals surface area contributed by atoms with Crippen LogP contribution in [0.4, 0.5) is 0 Å². The van der Waals surface area contributed by atoms with E-state index in [0.717, 1.165) is 28.3 Å². The Hall–Kier alpha value is -1.28. The van der Waals surface area contributed by atoms with Gasteiger partial charge in [-0.25, -0.2) is 0 Å². The number of carbonyl (C=O) groups is 1. The number of benzene rings is 1. The topological polar surface area (TPSA) is 32.9 Å². The van der Waals surface area contributed by atoms with E-state index in [2.05, 4.69) is 4.98 Å². The van der Waals surface area contributed by atoms with Crippen LogP contribution in [0.3, 0.4) is 0 Å². The van der Waals surface area contributed by atoms with Crippen LogP contribution in [0, 0.1) is 29.6 Å². The number of ketones is 1. The highest BCUT2D eigenvalue weighted by Crippen LogP contribution is 2.70. The first-order valence-electron chi connectivity index (χ1n) is 7.55. The molecule has 4 unspecified atom stereocenters. The number of aromatic amines is 1. The van der Waals surface area contributed by atoms with Gasteiger partial charge >= 0.3 is 0 Å². The van der Waals surface area contributed by atoms with E-state index in [-0.39, 0.29) is 5.92 Å². The second kappa shape index (κ2) is 3.67. The molecule has 5 rings (SSSR count). The number of aromatic nitrogens is 1. The van der Waals surface area contributed by atoms with E-state index >= 15 is 0 Å². The van der Waals surface area contributed by atoms with Gasteiger partial charge in [-0.15, -0.1) is 0 Å². The maximum absolute atomic E-state index is 12.9. The Kier molecular flexibility index (Phi) is 2.09. The zero-order valence-corrected chi connectivity index (χ0v) is 11.9. The minimum atomic E-state index is 0.288. The maximum atomic E-state index is 12.9. The third-order valence-corrected chi connectivity index (χ3v) is 6.27. The van der Waals surface area contributed by atoms with Crippen molar-refractivity contribution in [3.8, 4) is 0 Å². The van der Waals surface area contributed by atoms with Crippen LogP contribution in [-0.4, -0.2) is 10.8 Å². The first kappa shape index (κ1) is 11.4. The van der Waals surface area contributed by atoms with Crippen LogP contribution in [0.5, 0.6) is 0 Å². The SMILES string of the molecule is O=C(c1c[nH]c2cccc(Cl)c12)C1C2C3CCC(C3)C12. The summed E-state index contributed by atoms with van der Waals surface area (Å²) in [6, 6.07) is 5.77. The fourth-order valence-electron chi connectivity index (χ4n) is 5.19. The minimum Gasteiger partial charge on any atom is -0.360 e. The second-order valence-electron chi connectivity index (χ2n) is 6.74. The largest absolute Gasteiger partial charge is 0.360 e. The molecule has 2 bridgehead atoms. The fraction of sp³-hybridized carbons (Fsp3) is 0.471. The van der Waals surface area contributed by atoms with E-state index in [9.17, 15) is 4.79 Å². The van der Waals surface area contributed by atoms with E-state index in [4.69, 9.17) is 11.6 Å². The van der Waals surface area contributed by atoms with E-state index in [1.54, 1.807) is 0 Å². The van der Waals surface area contributed by atoms with E-state index in [1.165, 1.54) is 19.3 Å². The molecular formula is C17H16ClNO. The van der Waals surface area contributed by atoms with Crippen molar-refractivity contribution in [2.75, 3.05) is 0 Å². The Balaban J connectivity index is 1.55. The van der Waals surface area contributed by atoms with Crippen molar-refractivity contribution in [3.05, 3.63) is 35.0 Å². The number of halogens is 1. The van der Waals surface area contributed by atoms with Gasteiger partial charge in [0.2, 0.25) is 0 Å². The van der Waals surface area contributed by atoms with Crippen LogP contribution >= 0.6 is 11.6 Å². The van der Waals surface area contributed by atoms with Gasteiger partial charge in [-0.05, 0) is 55.1 Å². The van der Waals surface area contributed by atoms with Gasteiger partial charge in [0.15, 0.2) is 5.78 Å². The van der Waals surface area contributed by atoms with Crippen molar-refractivity contribution in [1.29, 1.82) is 0 Å². The van der Waals surface area contributed by atoms with Crippen molar-refractivity contribution in [3.63, 3.8) is 0 Å². The normalized spacial score (nSPS) is 37.4. The Labute approximate surface area is 122 Å². The number of hydrogen-bond donors (Lipinski definition) is 1. The minimum absolute atomic E-state index is 0.288. The molecule has 3 heteroatoms. The van der Waals surface area contributed by atoms with Crippen LogP contribution in [0.25, 0.3) is 10.9 Å². The number of nitrogens with one attached hydrogen (secondary N) is 1. The molecule has 3 aliphatic rings. The van der Waals surface area contributed by atoms with Gasteiger partial charge in [0, 0.05) is 28.6 Å². The fourth-order valence-corrected chi connectivity index (χ4v) is 5.47. The monoisotopic (exact) mass is 285 g/mol. The van der Waals surface area contributed by atoms with Gasteiger partial charge in [-0.3, -0.25) is 4.79 Å². The highest BCUT2D eigenvalue weighted by atomic mass is 35.5. The summed E-state index contributed by atoms with van der Waals surface area (Å²) >= 11 is 6.29. The second-order valence-corrected chi connectivity index (χ2v) is 7.15. The Morgan fingerprint density at radius 2 is 1.95 bits per heavy atom. The average Bonchev–Trinajstić information content (AvgIpc) is 2.83. The molecule has 3 fully saturated rings. The summed E-state index contributed by atoms with van der Waals surface area (Å²) in [7, 11) is 0. The Morgan fingerprint density at radius 1 is 1.20 bits per heavy atom. The lowest BCUT2D eigenvalue weighted by Crippen LogP contribution is -2.09. The molecule has 1 N–H and O–H groups in total. The van der Waals surface area contributed by atoms with Crippen LogP contribution in [0.15, 0.2) is 24.4 Å². The quantitative estimate of drug-likeness (QED) is 0.820. The van der Waals surface area contributed by atoms with Gasteiger partial charge in [0.05, 0.1) is 5.02 Å². The molecule has 0 saturated heterocycles. The molecule has 1 aromatic carbocycles. The highest BCUT2D eigenvalue weighted by molar-refractivity contribution is 6.37. The van der Waals surface area contributed by atoms with Crippen LogP contribution < -0.4 is 0 Å². The molecule has 102 valence electrons. The summed E-state index contributed by atoms with van der Waals surface area (Å²) in [5.74, 6) is 3.66. The lowest BCUT2D eigenvalue weighted by atomic mass is 9.96.